The third kappa shape index (κ3) is 10.1. The lowest BCUT2D eigenvalue weighted by atomic mass is 9.84. The fraction of sp³-hybridized carbons (Fsp3) is 0.952. The van der Waals surface area contributed by atoms with Crippen molar-refractivity contribution in [3.8, 4) is 0 Å². The molecule has 0 aromatic heterocycles. The Morgan fingerprint density at radius 1 is 1.18 bits per heavy atom. The van der Waals surface area contributed by atoms with Crippen molar-refractivity contribution in [2.24, 2.45) is 10.4 Å². The number of hydrogen-bond donors (Lipinski definition) is 3. The van der Waals surface area contributed by atoms with Crippen LogP contribution < -0.4 is 10.6 Å². The van der Waals surface area contributed by atoms with E-state index in [0.717, 1.165) is 57.9 Å². The van der Waals surface area contributed by atoms with Gasteiger partial charge in [-0.15, -0.1) is 24.0 Å². The second-order valence-corrected chi connectivity index (χ2v) is 8.09. The zero-order valence-electron chi connectivity index (χ0n) is 17.7. The maximum atomic E-state index is 9.34. The zero-order chi connectivity index (χ0) is 19.2. The minimum absolute atomic E-state index is 0. The molecule has 1 aliphatic carbocycles. The summed E-state index contributed by atoms with van der Waals surface area (Å²) < 4.78 is 11.5. The summed E-state index contributed by atoms with van der Waals surface area (Å²) in [7, 11) is 0. The van der Waals surface area contributed by atoms with Crippen molar-refractivity contribution in [2.75, 3.05) is 46.1 Å². The molecule has 2 fully saturated rings. The quantitative estimate of drug-likeness (QED) is 0.162. The van der Waals surface area contributed by atoms with Crippen molar-refractivity contribution in [3.05, 3.63) is 0 Å². The van der Waals surface area contributed by atoms with Crippen LogP contribution in [0.4, 0.5) is 0 Å². The highest BCUT2D eigenvalue weighted by Gasteiger charge is 2.34. The van der Waals surface area contributed by atoms with Gasteiger partial charge in [0.1, 0.15) is 0 Å². The Hall–Kier alpha value is -0.120. The average Bonchev–Trinajstić information content (AvgIpc) is 3.15. The topological polar surface area (TPSA) is 75.1 Å². The second kappa shape index (κ2) is 15.7. The van der Waals surface area contributed by atoms with Crippen LogP contribution in [0.15, 0.2) is 4.99 Å². The summed E-state index contributed by atoms with van der Waals surface area (Å²) in [5.74, 6) is 0.875. The molecule has 0 amide bonds. The lowest BCUT2D eigenvalue weighted by Gasteiger charge is -2.24. The van der Waals surface area contributed by atoms with Gasteiger partial charge < -0.3 is 25.2 Å². The van der Waals surface area contributed by atoms with Gasteiger partial charge in [-0.1, -0.05) is 19.3 Å². The van der Waals surface area contributed by atoms with Crippen molar-refractivity contribution in [2.45, 2.75) is 77.2 Å². The first kappa shape index (κ1) is 25.9. The van der Waals surface area contributed by atoms with Gasteiger partial charge in [0, 0.05) is 38.3 Å². The van der Waals surface area contributed by atoms with E-state index in [4.69, 9.17) is 14.5 Å². The van der Waals surface area contributed by atoms with Gasteiger partial charge in [0.15, 0.2) is 5.96 Å². The van der Waals surface area contributed by atoms with Gasteiger partial charge in [0.05, 0.1) is 19.3 Å². The lowest BCUT2D eigenvalue weighted by molar-refractivity contribution is 0.0264. The monoisotopic (exact) mass is 511 g/mol. The first-order valence-electron chi connectivity index (χ1n) is 11.1. The summed E-state index contributed by atoms with van der Waals surface area (Å²) in [6.45, 7) is 7.16. The van der Waals surface area contributed by atoms with Crippen molar-refractivity contribution in [1.29, 1.82) is 0 Å². The van der Waals surface area contributed by atoms with Crippen LogP contribution >= 0.6 is 24.0 Å². The van der Waals surface area contributed by atoms with E-state index in [-0.39, 0.29) is 36.0 Å². The number of unbranched alkanes of at least 4 members (excludes halogenated alkanes) is 2. The van der Waals surface area contributed by atoms with Crippen LogP contribution in [0.25, 0.3) is 0 Å². The molecule has 1 atom stereocenters. The number of ether oxygens (including phenoxy) is 2. The predicted octanol–water partition coefficient (Wildman–Crippen LogP) is 3.47. The maximum Gasteiger partial charge on any atom is 0.191 e. The molecule has 2 rings (SSSR count). The van der Waals surface area contributed by atoms with E-state index in [1.165, 1.54) is 38.5 Å². The lowest BCUT2D eigenvalue weighted by Crippen LogP contribution is -2.39. The molecule has 1 heterocycles. The van der Waals surface area contributed by atoms with Gasteiger partial charge in [0.2, 0.25) is 0 Å². The summed E-state index contributed by atoms with van der Waals surface area (Å²) in [5.41, 5.74) is 0.00750. The molecule has 0 radical (unpaired) electrons. The zero-order valence-corrected chi connectivity index (χ0v) is 20.0. The highest BCUT2D eigenvalue weighted by Crippen LogP contribution is 2.32. The highest BCUT2D eigenvalue weighted by molar-refractivity contribution is 14.0. The fourth-order valence-corrected chi connectivity index (χ4v) is 3.97. The number of hydrogen-bond acceptors (Lipinski definition) is 4. The number of guanidine groups is 1. The molecule has 166 valence electrons. The Kier molecular flexibility index (Phi) is 14.5. The molecule has 7 heteroatoms. The molecule has 0 aromatic carbocycles. The van der Waals surface area contributed by atoms with Crippen LogP contribution in [0.2, 0.25) is 0 Å². The Balaban J connectivity index is 0.00000392. The van der Waals surface area contributed by atoms with Gasteiger partial charge in [-0.3, -0.25) is 4.99 Å². The summed E-state index contributed by atoms with van der Waals surface area (Å²) in [6.07, 6.45) is 12.3. The summed E-state index contributed by atoms with van der Waals surface area (Å²) in [5, 5.41) is 16.1. The number of rotatable bonds is 12. The largest absolute Gasteiger partial charge is 0.396 e. The van der Waals surface area contributed by atoms with E-state index >= 15 is 0 Å². The van der Waals surface area contributed by atoms with E-state index < -0.39 is 0 Å². The SMILES string of the molecule is CCNC(=NCC1(CCO)CCOC1)NCCCCCOC1CCCCC1.I. The molecular weight excluding hydrogens is 469 g/mol. The average molecular weight is 511 g/mol. The smallest absolute Gasteiger partial charge is 0.191 e. The molecule has 28 heavy (non-hydrogen) atoms. The van der Waals surface area contributed by atoms with Crippen LogP contribution in [0, 0.1) is 5.41 Å². The van der Waals surface area contributed by atoms with E-state index in [1.807, 2.05) is 0 Å². The molecule has 1 saturated heterocycles. The van der Waals surface area contributed by atoms with Gasteiger partial charge >= 0.3 is 0 Å². The van der Waals surface area contributed by atoms with E-state index in [0.29, 0.717) is 19.3 Å². The molecule has 6 nitrogen and oxygen atoms in total. The molecule has 1 aliphatic heterocycles. The third-order valence-corrected chi connectivity index (χ3v) is 5.76. The van der Waals surface area contributed by atoms with Crippen LogP contribution in [-0.4, -0.2) is 63.2 Å². The first-order valence-corrected chi connectivity index (χ1v) is 11.1. The summed E-state index contributed by atoms with van der Waals surface area (Å²) in [4.78, 5) is 4.76. The molecule has 0 spiro atoms. The van der Waals surface area contributed by atoms with Crippen molar-refractivity contribution < 1.29 is 14.6 Å². The van der Waals surface area contributed by atoms with Gasteiger partial charge in [-0.05, 0) is 51.9 Å². The molecule has 1 saturated carbocycles. The van der Waals surface area contributed by atoms with Crippen molar-refractivity contribution >= 4 is 29.9 Å². The van der Waals surface area contributed by atoms with Crippen molar-refractivity contribution in [3.63, 3.8) is 0 Å². The number of nitrogens with one attached hydrogen (secondary N) is 2. The maximum absolute atomic E-state index is 9.34. The minimum Gasteiger partial charge on any atom is -0.396 e. The van der Waals surface area contributed by atoms with Gasteiger partial charge in [-0.2, -0.15) is 0 Å². The van der Waals surface area contributed by atoms with E-state index in [2.05, 4.69) is 17.6 Å². The normalized spacial score (nSPS) is 23.4. The molecule has 0 bridgehead atoms. The predicted molar refractivity (Wildman–Crippen MR) is 126 cm³/mol. The number of aliphatic hydroxyl groups excluding tert-OH is 1. The fourth-order valence-electron chi connectivity index (χ4n) is 3.97. The van der Waals surface area contributed by atoms with Gasteiger partial charge in [-0.25, -0.2) is 0 Å². The molecule has 1 unspecified atom stereocenters. The Bertz CT molecular complexity index is 412. The number of nitrogens with zero attached hydrogens (tertiary/aromatic N) is 1. The van der Waals surface area contributed by atoms with Crippen LogP contribution in [0.5, 0.6) is 0 Å². The van der Waals surface area contributed by atoms with E-state index in [1.54, 1.807) is 0 Å². The number of aliphatic imine (C=N–C) groups is 1. The Morgan fingerprint density at radius 3 is 2.68 bits per heavy atom. The van der Waals surface area contributed by atoms with Crippen LogP contribution in [0.3, 0.4) is 0 Å². The Morgan fingerprint density at radius 2 is 2.00 bits per heavy atom. The number of halogens is 1. The number of aliphatic hydroxyl groups is 1. The summed E-state index contributed by atoms with van der Waals surface area (Å²) in [6, 6.07) is 0. The van der Waals surface area contributed by atoms with Gasteiger partial charge in [0.25, 0.3) is 0 Å². The van der Waals surface area contributed by atoms with Crippen molar-refractivity contribution in [1.82, 2.24) is 10.6 Å². The molecule has 0 aromatic rings. The summed E-state index contributed by atoms with van der Waals surface area (Å²) >= 11 is 0. The molecule has 3 N–H and O–H groups in total. The van der Waals surface area contributed by atoms with E-state index in [9.17, 15) is 5.11 Å². The third-order valence-electron chi connectivity index (χ3n) is 5.76. The standard InChI is InChI=1S/C21H41N3O3.HI/c1-2-22-20(24-17-21(11-14-25)12-16-26-18-21)23-13-7-4-8-15-27-19-9-5-3-6-10-19;/h19,25H,2-18H2,1H3,(H2,22,23,24);1H. The Labute approximate surface area is 188 Å². The van der Waals surface area contributed by atoms with Crippen LogP contribution in [0.1, 0.15) is 71.1 Å². The highest BCUT2D eigenvalue weighted by atomic mass is 127. The first-order chi connectivity index (χ1) is 13.3. The molecular formula is C21H42IN3O3. The van der Waals surface area contributed by atoms with Crippen LogP contribution in [-0.2, 0) is 9.47 Å². The molecule has 2 aliphatic rings. The second-order valence-electron chi connectivity index (χ2n) is 8.09. The minimum atomic E-state index is 0.